The van der Waals surface area contributed by atoms with E-state index >= 15 is 0 Å². The smallest absolute Gasteiger partial charge is 0.298 e. The molecule has 0 fully saturated rings. The minimum Gasteiger partial charge on any atom is -0.298 e. The summed E-state index contributed by atoms with van der Waals surface area (Å²) in [5, 5.41) is 6.55. The van der Waals surface area contributed by atoms with Gasteiger partial charge in [0.2, 0.25) is 9.84 Å². The highest BCUT2D eigenvalue weighted by molar-refractivity contribution is 7.91. The Morgan fingerprint density at radius 3 is 2.18 bits per heavy atom. The summed E-state index contributed by atoms with van der Waals surface area (Å²) in [6.07, 6.45) is -1.37. The maximum absolute atomic E-state index is 13.1. The quantitative estimate of drug-likeness (QED) is 0.637. The van der Waals surface area contributed by atoms with Crippen LogP contribution in [0.5, 0.6) is 0 Å². The molecule has 3 rings (SSSR count). The summed E-state index contributed by atoms with van der Waals surface area (Å²) in [6.45, 7) is 3.48. The van der Waals surface area contributed by atoms with Crippen LogP contribution in [0.3, 0.4) is 0 Å². The summed E-state index contributed by atoms with van der Waals surface area (Å²) in [5.41, 5.74) is 0.0645. The third kappa shape index (κ3) is 3.64. The molecule has 0 N–H and O–H groups in total. The van der Waals surface area contributed by atoms with Crippen molar-refractivity contribution in [2.45, 2.75) is 37.0 Å². The Morgan fingerprint density at radius 2 is 1.64 bits per heavy atom. The van der Waals surface area contributed by atoms with Crippen molar-refractivity contribution in [2.75, 3.05) is 0 Å². The van der Waals surface area contributed by atoms with Gasteiger partial charge in [-0.1, -0.05) is 12.1 Å². The van der Waals surface area contributed by atoms with Crippen LogP contribution >= 0.6 is 0 Å². The van der Waals surface area contributed by atoms with Crippen LogP contribution in [0.1, 0.15) is 30.2 Å². The number of hydrogen-bond acceptors (Lipinski definition) is 5. The van der Waals surface area contributed by atoms with E-state index in [4.69, 9.17) is 0 Å². The zero-order chi connectivity index (χ0) is 20.5. The molecule has 10 heteroatoms. The van der Waals surface area contributed by atoms with Crippen molar-refractivity contribution >= 4 is 9.84 Å². The van der Waals surface area contributed by atoms with Crippen LogP contribution in [0, 0.1) is 0 Å². The molecule has 0 amide bonds. The Labute approximate surface area is 160 Å². The fourth-order valence-corrected chi connectivity index (χ4v) is 4.29. The lowest BCUT2D eigenvalue weighted by Gasteiger charge is -2.15. The first-order chi connectivity index (χ1) is 13.2. The van der Waals surface area contributed by atoms with Gasteiger partial charge in [-0.2, -0.15) is 13.2 Å². The van der Waals surface area contributed by atoms with Crippen molar-refractivity contribution in [2.24, 2.45) is 0 Å². The summed E-state index contributed by atoms with van der Waals surface area (Å²) < 4.78 is 65.8. The van der Waals surface area contributed by atoms with Gasteiger partial charge in [-0.3, -0.25) is 9.55 Å². The number of nitrogens with zero attached hydrogens (tertiary/aromatic N) is 4. The van der Waals surface area contributed by atoms with Crippen LogP contribution < -0.4 is 0 Å². The second kappa shape index (κ2) is 7.34. The fourth-order valence-electron chi connectivity index (χ4n) is 2.78. The molecular weight excluding hydrogens is 393 g/mol. The predicted molar refractivity (Wildman–Crippen MR) is 96.0 cm³/mol. The summed E-state index contributed by atoms with van der Waals surface area (Å²) >= 11 is 0. The number of sulfone groups is 1. The van der Waals surface area contributed by atoms with Gasteiger partial charge >= 0.3 is 6.18 Å². The normalized spacial score (nSPS) is 13.5. The molecule has 1 aromatic carbocycles. The lowest BCUT2D eigenvalue weighted by atomic mass is 10.1. The van der Waals surface area contributed by atoms with Crippen molar-refractivity contribution in [1.82, 2.24) is 19.7 Å². The highest BCUT2D eigenvalue weighted by Gasteiger charge is 2.33. The molecule has 3 aromatic rings. The van der Waals surface area contributed by atoms with E-state index in [2.05, 4.69) is 15.2 Å². The van der Waals surface area contributed by atoms with Crippen LogP contribution in [0.2, 0.25) is 0 Å². The molecule has 6 nitrogen and oxygen atoms in total. The number of alkyl halides is 3. The summed E-state index contributed by atoms with van der Waals surface area (Å²) in [7, 11) is -3.98. The molecule has 0 bridgehead atoms. The number of aromatic nitrogens is 4. The summed E-state index contributed by atoms with van der Waals surface area (Å²) in [4.78, 5) is 3.92. The molecule has 0 aliphatic rings. The fraction of sp³-hybridized carbons (Fsp3) is 0.278. The molecule has 0 spiro atoms. The maximum atomic E-state index is 13.1. The number of hydrogen-bond donors (Lipinski definition) is 0. The van der Waals surface area contributed by atoms with E-state index in [0.717, 1.165) is 12.1 Å². The molecule has 2 aromatic heterocycles. The minimum atomic E-state index is -4.48. The zero-order valence-corrected chi connectivity index (χ0v) is 15.9. The Morgan fingerprint density at radius 1 is 1.04 bits per heavy atom. The Hall–Kier alpha value is -2.75. The predicted octanol–water partition coefficient (Wildman–Crippen LogP) is 3.91. The summed E-state index contributed by atoms with van der Waals surface area (Å²) in [5.74, 6) is 0.378. The van der Waals surface area contributed by atoms with Crippen LogP contribution in [0.25, 0.3) is 11.4 Å². The lowest BCUT2D eigenvalue weighted by molar-refractivity contribution is -0.137. The van der Waals surface area contributed by atoms with Gasteiger partial charge in [0.15, 0.2) is 5.82 Å². The van der Waals surface area contributed by atoms with Gasteiger partial charge in [-0.05, 0) is 43.7 Å². The van der Waals surface area contributed by atoms with Crippen LogP contribution in [-0.2, 0) is 22.6 Å². The largest absolute Gasteiger partial charge is 0.416 e. The molecule has 0 saturated heterocycles. The standard InChI is InChI=1S/C18H17F3N4O2S/c1-3-25-16(14-8-10-22-11-9-14)23-24-17(25)28(26,27)12(2)13-4-6-15(7-5-13)18(19,20)21/h4-12H,3H2,1-2H3. The lowest BCUT2D eigenvalue weighted by Crippen LogP contribution is -2.17. The van der Waals surface area contributed by atoms with E-state index in [1.54, 1.807) is 31.5 Å². The van der Waals surface area contributed by atoms with Crippen LogP contribution in [-0.4, -0.2) is 28.2 Å². The van der Waals surface area contributed by atoms with Crippen LogP contribution in [0.15, 0.2) is 53.9 Å². The van der Waals surface area contributed by atoms with E-state index in [0.29, 0.717) is 17.9 Å². The van der Waals surface area contributed by atoms with Gasteiger partial charge in [-0.25, -0.2) is 8.42 Å². The van der Waals surface area contributed by atoms with Crippen molar-refractivity contribution in [3.8, 4) is 11.4 Å². The Bertz CT molecular complexity index is 1060. The van der Waals surface area contributed by atoms with Crippen molar-refractivity contribution in [1.29, 1.82) is 0 Å². The Kier molecular flexibility index (Phi) is 5.24. The first kappa shape index (κ1) is 20.0. The minimum absolute atomic E-state index is 0.228. The van der Waals surface area contributed by atoms with Crippen LogP contribution in [0.4, 0.5) is 13.2 Å². The molecule has 0 saturated carbocycles. The first-order valence-electron chi connectivity index (χ1n) is 8.41. The molecular formula is C18H17F3N4O2S. The van der Waals surface area contributed by atoms with Crippen molar-refractivity contribution in [3.63, 3.8) is 0 Å². The molecule has 0 radical (unpaired) electrons. The van der Waals surface area contributed by atoms with Gasteiger partial charge in [-0.15, -0.1) is 10.2 Å². The molecule has 1 unspecified atom stereocenters. The third-order valence-corrected chi connectivity index (χ3v) is 6.41. The number of benzene rings is 1. The van der Waals surface area contributed by atoms with Gasteiger partial charge in [0.05, 0.1) is 10.8 Å². The molecule has 148 valence electrons. The monoisotopic (exact) mass is 410 g/mol. The number of pyridine rings is 1. The van der Waals surface area contributed by atoms with Crippen molar-refractivity contribution < 1.29 is 21.6 Å². The number of rotatable bonds is 5. The van der Waals surface area contributed by atoms with E-state index < -0.39 is 26.8 Å². The van der Waals surface area contributed by atoms with E-state index in [1.807, 2.05) is 0 Å². The summed E-state index contributed by atoms with van der Waals surface area (Å²) in [6, 6.07) is 7.45. The van der Waals surface area contributed by atoms with Gasteiger partial charge < -0.3 is 0 Å². The Balaban J connectivity index is 2.00. The van der Waals surface area contributed by atoms with Gasteiger partial charge in [0, 0.05) is 24.5 Å². The molecule has 2 heterocycles. The van der Waals surface area contributed by atoms with E-state index in [-0.39, 0.29) is 10.7 Å². The maximum Gasteiger partial charge on any atom is 0.416 e. The zero-order valence-electron chi connectivity index (χ0n) is 15.1. The average molecular weight is 410 g/mol. The second-order valence-electron chi connectivity index (χ2n) is 6.09. The van der Waals surface area contributed by atoms with Gasteiger partial charge in [0.25, 0.3) is 5.16 Å². The highest BCUT2D eigenvalue weighted by Crippen LogP contribution is 2.33. The average Bonchev–Trinajstić information content (AvgIpc) is 3.12. The molecule has 28 heavy (non-hydrogen) atoms. The van der Waals surface area contributed by atoms with Gasteiger partial charge in [0.1, 0.15) is 0 Å². The molecule has 1 atom stereocenters. The highest BCUT2D eigenvalue weighted by atomic mass is 32.2. The molecule has 0 aliphatic carbocycles. The van der Waals surface area contributed by atoms with Crippen molar-refractivity contribution in [3.05, 3.63) is 59.9 Å². The SMILES string of the molecule is CCn1c(-c2ccncc2)nnc1S(=O)(=O)C(C)c1ccc(C(F)(F)F)cc1. The second-order valence-corrected chi connectivity index (χ2v) is 8.26. The topological polar surface area (TPSA) is 77.7 Å². The van der Waals surface area contributed by atoms with E-state index in [9.17, 15) is 21.6 Å². The van der Waals surface area contributed by atoms with E-state index in [1.165, 1.54) is 23.6 Å². The third-order valence-electron chi connectivity index (χ3n) is 4.40. The number of halogens is 3. The molecule has 0 aliphatic heterocycles. The first-order valence-corrected chi connectivity index (χ1v) is 9.95.